The molecule has 0 aliphatic heterocycles. The Kier molecular flexibility index (Phi) is 7.78. The first-order valence-corrected chi connectivity index (χ1v) is 19.6. The number of rotatable bonds is 5. The van der Waals surface area contributed by atoms with Crippen LogP contribution in [-0.2, 0) is 5.41 Å². The molecule has 9 aromatic rings. The van der Waals surface area contributed by atoms with Gasteiger partial charge in [-0.2, -0.15) is 0 Å². The number of para-hydroxylation sites is 1. The van der Waals surface area contributed by atoms with Gasteiger partial charge in [-0.05, 0) is 110 Å². The van der Waals surface area contributed by atoms with Crippen LogP contribution in [0.1, 0.15) is 56.7 Å². The zero-order chi connectivity index (χ0) is 37.3. The van der Waals surface area contributed by atoms with Gasteiger partial charge >= 0.3 is 0 Å². The number of allylic oxidation sites excluding steroid dienone is 1. The number of aromatic nitrogens is 1. The summed E-state index contributed by atoms with van der Waals surface area (Å²) < 4.78 is 2.45. The van der Waals surface area contributed by atoms with Crippen molar-refractivity contribution in [1.29, 1.82) is 0 Å². The predicted molar refractivity (Wildman–Crippen MR) is 237 cm³/mol. The van der Waals surface area contributed by atoms with E-state index >= 15 is 0 Å². The summed E-state index contributed by atoms with van der Waals surface area (Å²) in [4.78, 5) is 2.49. The second-order valence-corrected chi connectivity index (χ2v) is 16.2. The average Bonchev–Trinajstić information content (AvgIpc) is 3.55. The third-order valence-electron chi connectivity index (χ3n) is 11.7. The van der Waals surface area contributed by atoms with Gasteiger partial charge in [0.2, 0.25) is 0 Å². The highest BCUT2D eigenvalue weighted by Crippen LogP contribution is 2.48. The first-order chi connectivity index (χ1) is 26.8. The van der Waals surface area contributed by atoms with Gasteiger partial charge in [0, 0.05) is 33.2 Å². The molecule has 1 heterocycles. The minimum absolute atomic E-state index is 0.0508. The molecule has 2 nitrogen and oxygen atoms in total. The molecule has 0 N–H and O–H groups in total. The molecule has 0 amide bonds. The van der Waals surface area contributed by atoms with Gasteiger partial charge in [-0.25, -0.2) is 0 Å². The monoisotopic (exact) mass is 708 g/mol. The molecule has 1 aliphatic rings. The third-order valence-corrected chi connectivity index (χ3v) is 11.7. The van der Waals surface area contributed by atoms with Gasteiger partial charge in [0.05, 0.1) is 16.7 Å². The summed E-state index contributed by atoms with van der Waals surface area (Å²) in [5, 5.41) is 7.73. The normalized spacial score (nSPS) is 14.2. The maximum Gasteiger partial charge on any atom is 0.0561 e. The fourth-order valence-corrected chi connectivity index (χ4v) is 9.05. The van der Waals surface area contributed by atoms with Gasteiger partial charge in [0.15, 0.2) is 0 Å². The minimum Gasteiger partial charge on any atom is -0.310 e. The number of hydrogen-bond donors (Lipinski definition) is 0. The Balaban J connectivity index is 1.26. The lowest BCUT2D eigenvalue weighted by molar-refractivity contribution is 0.590. The summed E-state index contributed by atoms with van der Waals surface area (Å²) >= 11 is 0. The van der Waals surface area contributed by atoms with Crippen LogP contribution in [0.4, 0.5) is 17.1 Å². The first-order valence-electron chi connectivity index (χ1n) is 19.6. The van der Waals surface area contributed by atoms with Crippen LogP contribution in [0.25, 0.3) is 66.2 Å². The Morgan fingerprint density at radius 3 is 2.00 bits per heavy atom. The van der Waals surface area contributed by atoms with E-state index < -0.39 is 0 Å². The molecule has 0 saturated heterocycles. The molecule has 55 heavy (non-hydrogen) atoms. The van der Waals surface area contributed by atoms with Crippen molar-refractivity contribution < 1.29 is 0 Å². The summed E-state index contributed by atoms with van der Waals surface area (Å²) in [5.41, 5.74) is 13.6. The van der Waals surface area contributed by atoms with E-state index in [2.05, 4.69) is 213 Å². The van der Waals surface area contributed by atoms with Gasteiger partial charge in [0.1, 0.15) is 0 Å². The molecule has 0 saturated carbocycles. The van der Waals surface area contributed by atoms with Crippen molar-refractivity contribution in [2.24, 2.45) is 0 Å². The summed E-state index contributed by atoms with van der Waals surface area (Å²) in [5.74, 6) is 0.462. The van der Waals surface area contributed by atoms with Crippen LogP contribution in [0.2, 0.25) is 0 Å². The lowest BCUT2D eigenvalue weighted by Crippen LogP contribution is -2.14. The summed E-state index contributed by atoms with van der Waals surface area (Å²) in [6.07, 6.45) is 5.79. The minimum atomic E-state index is 0.0508. The molecule has 0 fully saturated rings. The molecule has 0 spiro atoms. The van der Waals surface area contributed by atoms with Crippen LogP contribution in [0.3, 0.4) is 0 Å². The second-order valence-electron chi connectivity index (χ2n) is 16.2. The lowest BCUT2D eigenvalue weighted by atomic mass is 9.81. The standard InChI is InChI=1S/C53H44N2/c1-35-15-12-23-45-47-24-14-26-49(52(47)46-22-9-8-21-44(46)51(35)45)54(39-29-27-38(28-30-39)53(2,3)4)41-31-32-43-42-20-10-11-25-48(42)55(50(43)34-41)40-19-13-18-37(33-40)36-16-6-5-7-17-36/h5-14,16-35H,15H2,1-4H3. The van der Waals surface area contributed by atoms with Crippen molar-refractivity contribution in [2.75, 3.05) is 4.90 Å². The lowest BCUT2D eigenvalue weighted by Gasteiger charge is -2.30. The van der Waals surface area contributed by atoms with Crippen molar-refractivity contribution >= 4 is 66.5 Å². The zero-order valence-electron chi connectivity index (χ0n) is 31.9. The molecular weight excluding hydrogens is 665 g/mol. The second kappa shape index (κ2) is 12.9. The molecule has 1 unspecified atom stereocenters. The molecule has 8 aromatic carbocycles. The summed E-state index contributed by atoms with van der Waals surface area (Å²) in [6.45, 7) is 9.23. The van der Waals surface area contributed by atoms with Crippen molar-refractivity contribution in [2.45, 2.75) is 45.4 Å². The fourth-order valence-electron chi connectivity index (χ4n) is 9.05. The first kappa shape index (κ1) is 33.2. The van der Waals surface area contributed by atoms with Crippen molar-refractivity contribution in [1.82, 2.24) is 4.57 Å². The van der Waals surface area contributed by atoms with Crippen LogP contribution >= 0.6 is 0 Å². The number of benzene rings is 8. The van der Waals surface area contributed by atoms with Gasteiger partial charge in [-0.15, -0.1) is 0 Å². The van der Waals surface area contributed by atoms with E-state index in [1.807, 2.05) is 0 Å². The molecule has 10 rings (SSSR count). The average molecular weight is 709 g/mol. The fraction of sp³-hybridized carbons (Fsp3) is 0.132. The van der Waals surface area contributed by atoms with Crippen LogP contribution < -0.4 is 4.90 Å². The predicted octanol–water partition coefficient (Wildman–Crippen LogP) is 15.0. The maximum atomic E-state index is 2.49. The largest absolute Gasteiger partial charge is 0.310 e. The topological polar surface area (TPSA) is 8.17 Å². The van der Waals surface area contributed by atoms with Crippen molar-refractivity contribution in [3.63, 3.8) is 0 Å². The van der Waals surface area contributed by atoms with Crippen LogP contribution in [0.5, 0.6) is 0 Å². The molecule has 0 bridgehead atoms. The van der Waals surface area contributed by atoms with Crippen LogP contribution in [-0.4, -0.2) is 4.57 Å². The van der Waals surface area contributed by atoms with Crippen LogP contribution in [0, 0.1) is 0 Å². The van der Waals surface area contributed by atoms with E-state index in [-0.39, 0.29) is 5.41 Å². The molecule has 0 radical (unpaired) electrons. The summed E-state index contributed by atoms with van der Waals surface area (Å²) in [7, 11) is 0. The number of fused-ring (bicyclic) bond motifs is 9. The highest BCUT2D eigenvalue weighted by atomic mass is 15.1. The van der Waals surface area contributed by atoms with Crippen molar-refractivity contribution in [3.8, 4) is 16.8 Å². The van der Waals surface area contributed by atoms with Gasteiger partial charge < -0.3 is 9.47 Å². The Labute approximate surface area is 323 Å². The molecule has 1 aromatic heterocycles. The molecular formula is C53H44N2. The number of nitrogens with zero attached hydrogens (tertiary/aromatic N) is 2. The van der Waals surface area contributed by atoms with Gasteiger partial charge in [0.25, 0.3) is 0 Å². The quantitative estimate of drug-likeness (QED) is 0.162. The Morgan fingerprint density at radius 2 is 1.20 bits per heavy atom. The van der Waals surface area contributed by atoms with E-state index in [1.54, 1.807) is 0 Å². The van der Waals surface area contributed by atoms with E-state index in [0.29, 0.717) is 5.92 Å². The SMILES string of the molecule is CC1CC=Cc2c1c1ccccc1c1c(N(c3ccc(C(C)(C)C)cc3)c3ccc4c5ccccc5n(-c5cccc(-c6ccccc6)c5)c4c3)cccc21. The number of anilines is 3. The highest BCUT2D eigenvalue weighted by molar-refractivity contribution is 6.19. The van der Waals surface area contributed by atoms with E-state index in [4.69, 9.17) is 0 Å². The van der Waals surface area contributed by atoms with Gasteiger partial charge in [-0.3, -0.25) is 0 Å². The Bertz CT molecular complexity index is 2940. The van der Waals surface area contributed by atoms with Gasteiger partial charge in [-0.1, -0.05) is 155 Å². The van der Waals surface area contributed by atoms with E-state index in [1.165, 1.54) is 76.9 Å². The third kappa shape index (κ3) is 5.47. The highest BCUT2D eigenvalue weighted by Gasteiger charge is 2.25. The van der Waals surface area contributed by atoms with Crippen molar-refractivity contribution in [3.05, 3.63) is 187 Å². The number of hydrogen-bond acceptors (Lipinski definition) is 1. The Hall–Kier alpha value is -6.38. The van der Waals surface area contributed by atoms with E-state index in [9.17, 15) is 0 Å². The molecule has 1 aliphatic carbocycles. The van der Waals surface area contributed by atoms with E-state index in [0.717, 1.165) is 23.5 Å². The molecule has 1 atom stereocenters. The van der Waals surface area contributed by atoms with Crippen LogP contribution in [0.15, 0.2) is 170 Å². The zero-order valence-corrected chi connectivity index (χ0v) is 31.9. The molecule has 2 heteroatoms. The summed E-state index contributed by atoms with van der Waals surface area (Å²) in [6, 6.07) is 60.7. The smallest absolute Gasteiger partial charge is 0.0561 e. The maximum absolute atomic E-state index is 2.49. The Morgan fingerprint density at radius 1 is 0.545 bits per heavy atom. The molecule has 266 valence electrons.